The Hall–Kier alpha value is -7.88. The van der Waals surface area contributed by atoms with Crippen molar-refractivity contribution in [1.82, 2.24) is 0 Å². The van der Waals surface area contributed by atoms with E-state index in [0.29, 0.717) is 0 Å². The molecule has 0 saturated heterocycles. The lowest BCUT2D eigenvalue weighted by molar-refractivity contribution is 0.669. The molecular formula is C56H35NO2. The van der Waals surface area contributed by atoms with Gasteiger partial charge in [0.25, 0.3) is 0 Å². The second-order valence-electron chi connectivity index (χ2n) is 15.3. The highest BCUT2D eigenvalue weighted by molar-refractivity contribution is 6.12. The fraction of sp³-hybridized carbons (Fsp3) is 0. The molecule has 0 fully saturated rings. The molecule has 0 aliphatic heterocycles. The van der Waals surface area contributed by atoms with Crippen molar-refractivity contribution in [2.75, 3.05) is 4.90 Å². The largest absolute Gasteiger partial charge is 0.456 e. The summed E-state index contributed by atoms with van der Waals surface area (Å²) in [5.41, 5.74) is 13.7. The van der Waals surface area contributed by atoms with Crippen molar-refractivity contribution in [3.8, 4) is 33.4 Å². The van der Waals surface area contributed by atoms with E-state index in [9.17, 15) is 0 Å². The molecule has 0 N–H and O–H groups in total. The summed E-state index contributed by atoms with van der Waals surface area (Å²) in [5.74, 6) is 0. The minimum Gasteiger partial charge on any atom is -0.456 e. The van der Waals surface area contributed by atoms with Crippen LogP contribution in [0.15, 0.2) is 221 Å². The minimum absolute atomic E-state index is 0.871. The van der Waals surface area contributed by atoms with E-state index in [0.717, 1.165) is 77.6 Å². The molecule has 12 rings (SSSR count). The predicted octanol–water partition coefficient (Wildman–Crippen LogP) is 16.3. The van der Waals surface area contributed by atoms with E-state index in [1.54, 1.807) is 0 Å². The summed E-state index contributed by atoms with van der Waals surface area (Å²) in [6.45, 7) is 0. The topological polar surface area (TPSA) is 29.5 Å². The highest BCUT2D eigenvalue weighted by Crippen LogP contribution is 2.44. The monoisotopic (exact) mass is 753 g/mol. The number of para-hydroxylation sites is 2. The molecule has 3 nitrogen and oxygen atoms in total. The lowest BCUT2D eigenvalue weighted by Gasteiger charge is -2.28. The van der Waals surface area contributed by atoms with E-state index in [4.69, 9.17) is 8.83 Å². The van der Waals surface area contributed by atoms with Crippen molar-refractivity contribution in [1.29, 1.82) is 0 Å². The first-order valence-electron chi connectivity index (χ1n) is 20.1. The van der Waals surface area contributed by atoms with Crippen LogP contribution in [0.3, 0.4) is 0 Å². The molecule has 0 spiro atoms. The fourth-order valence-corrected chi connectivity index (χ4v) is 8.95. The Morgan fingerprint density at radius 2 is 0.797 bits per heavy atom. The molecule has 10 aromatic carbocycles. The molecule has 0 atom stereocenters. The maximum atomic E-state index is 6.41. The second-order valence-corrected chi connectivity index (χ2v) is 15.3. The van der Waals surface area contributed by atoms with Gasteiger partial charge in [-0.25, -0.2) is 0 Å². The quantitative estimate of drug-likeness (QED) is 0.169. The molecule has 2 aromatic heterocycles. The van der Waals surface area contributed by atoms with Crippen LogP contribution >= 0.6 is 0 Å². The Morgan fingerprint density at radius 3 is 1.63 bits per heavy atom. The van der Waals surface area contributed by atoms with E-state index in [1.165, 1.54) is 38.2 Å². The number of anilines is 3. The van der Waals surface area contributed by atoms with E-state index in [1.807, 2.05) is 12.1 Å². The van der Waals surface area contributed by atoms with Crippen LogP contribution in [0.2, 0.25) is 0 Å². The number of furan rings is 2. The molecule has 0 saturated carbocycles. The smallest absolute Gasteiger partial charge is 0.136 e. The minimum atomic E-state index is 0.871. The number of hydrogen-bond acceptors (Lipinski definition) is 3. The first kappa shape index (κ1) is 33.3. The standard InChI is InChI=1S/C56H35NO2/c1-2-12-41-34-56-50(32-40(41)11-1)49-33-42(26-30-54(49)59-56)47-15-5-7-18-52(47)57(44-29-31-55-51(35-44)48-16-6-8-19-53(48)58-55)43-27-24-37(25-28-43)36-20-22-39(23-21-36)46-17-9-13-38-10-3-4-14-45(38)46/h1-35H. The van der Waals surface area contributed by atoms with Gasteiger partial charge in [0.15, 0.2) is 0 Å². The summed E-state index contributed by atoms with van der Waals surface area (Å²) in [6, 6.07) is 75.9. The summed E-state index contributed by atoms with van der Waals surface area (Å²) in [5, 5.41) is 9.30. The molecule has 0 unspecified atom stereocenters. The van der Waals surface area contributed by atoms with Gasteiger partial charge in [-0.2, -0.15) is 0 Å². The van der Waals surface area contributed by atoms with E-state index < -0.39 is 0 Å². The van der Waals surface area contributed by atoms with Crippen LogP contribution in [0.1, 0.15) is 0 Å². The molecule has 3 heteroatoms. The third kappa shape index (κ3) is 5.59. The third-order valence-electron chi connectivity index (χ3n) is 11.9. The molecular weight excluding hydrogens is 719 g/mol. The molecule has 59 heavy (non-hydrogen) atoms. The normalized spacial score (nSPS) is 11.7. The van der Waals surface area contributed by atoms with E-state index in [2.05, 4.69) is 205 Å². The Morgan fingerprint density at radius 1 is 0.271 bits per heavy atom. The van der Waals surface area contributed by atoms with Gasteiger partial charge in [0.1, 0.15) is 22.3 Å². The van der Waals surface area contributed by atoms with Crippen molar-refractivity contribution in [2.45, 2.75) is 0 Å². The Labute approximate surface area is 340 Å². The van der Waals surface area contributed by atoms with Crippen LogP contribution in [-0.4, -0.2) is 0 Å². The molecule has 0 bridgehead atoms. The first-order chi connectivity index (χ1) is 29.2. The van der Waals surface area contributed by atoms with Gasteiger partial charge in [0, 0.05) is 38.5 Å². The number of hydrogen-bond donors (Lipinski definition) is 0. The summed E-state index contributed by atoms with van der Waals surface area (Å²) >= 11 is 0. The van der Waals surface area contributed by atoms with Crippen LogP contribution in [0.25, 0.3) is 98.8 Å². The molecule has 12 aromatic rings. The van der Waals surface area contributed by atoms with Gasteiger partial charge in [0.05, 0.1) is 5.69 Å². The highest BCUT2D eigenvalue weighted by Gasteiger charge is 2.20. The average Bonchev–Trinajstić information content (AvgIpc) is 3.85. The van der Waals surface area contributed by atoms with Gasteiger partial charge in [-0.05, 0) is 116 Å². The van der Waals surface area contributed by atoms with Crippen LogP contribution in [0.4, 0.5) is 17.1 Å². The SMILES string of the molecule is c1ccc(N(c2ccc(-c3ccc(-c4cccc5ccccc45)cc3)cc2)c2ccc3oc4ccccc4c3c2)c(-c2ccc3oc4cc5ccccc5cc4c3c2)c1. The van der Waals surface area contributed by atoms with Gasteiger partial charge >= 0.3 is 0 Å². The van der Waals surface area contributed by atoms with Gasteiger partial charge < -0.3 is 13.7 Å². The van der Waals surface area contributed by atoms with E-state index in [-0.39, 0.29) is 0 Å². The highest BCUT2D eigenvalue weighted by atomic mass is 16.3. The molecule has 0 amide bonds. The van der Waals surface area contributed by atoms with Gasteiger partial charge in [0.2, 0.25) is 0 Å². The molecule has 2 heterocycles. The Balaban J connectivity index is 0.980. The van der Waals surface area contributed by atoms with Gasteiger partial charge in [-0.1, -0.05) is 146 Å². The maximum Gasteiger partial charge on any atom is 0.136 e. The summed E-state index contributed by atoms with van der Waals surface area (Å²) in [6.07, 6.45) is 0. The zero-order chi connectivity index (χ0) is 38.9. The van der Waals surface area contributed by atoms with Crippen LogP contribution < -0.4 is 4.90 Å². The lowest BCUT2D eigenvalue weighted by Crippen LogP contribution is -2.11. The Bertz CT molecular complexity index is 3550. The zero-order valence-corrected chi connectivity index (χ0v) is 32.0. The molecule has 276 valence electrons. The summed E-state index contributed by atoms with van der Waals surface area (Å²) in [7, 11) is 0. The first-order valence-corrected chi connectivity index (χ1v) is 20.1. The summed E-state index contributed by atoms with van der Waals surface area (Å²) < 4.78 is 12.7. The van der Waals surface area contributed by atoms with E-state index >= 15 is 0 Å². The number of fused-ring (bicyclic) bond motifs is 8. The van der Waals surface area contributed by atoms with Crippen LogP contribution in [-0.2, 0) is 0 Å². The maximum absolute atomic E-state index is 6.41. The molecule has 0 radical (unpaired) electrons. The van der Waals surface area contributed by atoms with Gasteiger partial charge in [-0.15, -0.1) is 0 Å². The van der Waals surface area contributed by atoms with Crippen LogP contribution in [0, 0.1) is 0 Å². The molecule has 0 aliphatic rings. The molecule has 0 aliphatic carbocycles. The lowest BCUT2D eigenvalue weighted by atomic mass is 9.96. The van der Waals surface area contributed by atoms with Gasteiger partial charge in [-0.3, -0.25) is 0 Å². The van der Waals surface area contributed by atoms with Crippen molar-refractivity contribution >= 4 is 82.5 Å². The average molecular weight is 754 g/mol. The number of benzene rings is 10. The number of rotatable bonds is 6. The second kappa shape index (κ2) is 13.4. The predicted molar refractivity (Wildman–Crippen MR) is 247 cm³/mol. The fourth-order valence-electron chi connectivity index (χ4n) is 8.95. The summed E-state index contributed by atoms with van der Waals surface area (Å²) in [4.78, 5) is 2.37. The third-order valence-corrected chi connectivity index (χ3v) is 11.9. The van der Waals surface area contributed by atoms with Crippen molar-refractivity contribution < 1.29 is 8.83 Å². The Kier molecular flexibility index (Phi) is 7.54. The van der Waals surface area contributed by atoms with Crippen molar-refractivity contribution in [3.63, 3.8) is 0 Å². The number of nitrogens with zero attached hydrogens (tertiary/aromatic N) is 1. The van der Waals surface area contributed by atoms with Crippen molar-refractivity contribution in [3.05, 3.63) is 212 Å². The van der Waals surface area contributed by atoms with Crippen LogP contribution in [0.5, 0.6) is 0 Å². The zero-order valence-electron chi connectivity index (χ0n) is 32.0. The van der Waals surface area contributed by atoms with Crippen molar-refractivity contribution in [2.24, 2.45) is 0 Å².